The van der Waals surface area contributed by atoms with Gasteiger partial charge in [-0.25, -0.2) is 0 Å². The second-order valence-electron chi connectivity index (χ2n) is 6.69. The Hall–Kier alpha value is -0.860. The van der Waals surface area contributed by atoms with Crippen LogP contribution in [0.5, 0.6) is 0 Å². The average molecular weight is 272 g/mol. The van der Waals surface area contributed by atoms with Crippen LogP contribution in [-0.4, -0.2) is 31.6 Å². The largest absolute Gasteiger partial charge is 0.313 e. The Balaban J connectivity index is 1.51. The molecule has 0 aliphatic heterocycles. The summed E-state index contributed by atoms with van der Waals surface area (Å²) in [7, 11) is 2.09. The molecule has 1 aromatic rings. The highest BCUT2D eigenvalue weighted by Crippen LogP contribution is 2.34. The predicted octanol–water partition coefficient (Wildman–Crippen LogP) is 3.46. The van der Waals surface area contributed by atoms with Crippen LogP contribution >= 0.6 is 0 Å². The maximum Gasteiger partial charge on any atom is 0.0329 e. The number of hydrogen-bond donors (Lipinski definition) is 1. The summed E-state index contributed by atoms with van der Waals surface area (Å²) in [5.74, 6) is 2.03. The van der Waals surface area contributed by atoms with E-state index in [2.05, 4.69) is 47.6 Å². The molecule has 2 fully saturated rings. The Morgan fingerprint density at radius 3 is 2.15 bits per heavy atom. The van der Waals surface area contributed by atoms with Gasteiger partial charge in [0.05, 0.1) is 0 Å². The minimum atomic E-state index is 0.497. The standard InChI is InChI=1S/C18H28N2/c1-19-18(17-5-3-2-4-6-17)11-12-20(13-15-7-8-15)14-16-9-10-16/h2-6,15-16,18-19H,7-14H2,1H3. The molecule has 0 amide bonds. The summed E-state index contributed by atoms with van der Waals surface area (Å²) >= 11 is 0. The van der Waals surface area contributed by atoms with Gasteiger partial charge < -0.3 is 10.2 Å². The highest BCUT2D eigenvalue weighted by molar-refractivity contribution is 5.18. The number of nitrogens with zero attached hydrogens (tertiary/aromatic N) is 1. The van der Waals surface area contributed by atoms with Crippen LogP contribution < -0.4 is 5.32 Å². The summed E-state index contributed by atoms with van der Waals surface area (Å²) in [4.78, 5) is 2.74. The lowest BCUT2D eigenvalue weighted by Crippen LogP contribution is -2.32. The fraction of sp³-hybridized carbons (Fsp3) is 0.667. The van der Waals surface area contributed by atoms with E-state index in [4.69, 9.17) is 0 Å². The fourth-order valence-corrected chi connectivity index (χ4v) is 3.06. The molecule has 0 heterocycles. The molecule has 1 N–H and O–H groups in total. The lowest BCUT2D eigenvalue weighted by Gasteiger charge is -2.25. The van der Waals surface area contributed by atoms with Gasteiger partial charge in [-0.2, -0.15) is 0 Å². The minimum absolute atomic E-state index is 0.497. The first-order valence-corrected chi connectivity index (χ1v) is 8.29. The SMILES string of the molecule is CNC(CCN(CC1CC1)CC1CC1)c1ccccc1. The van der Waals surface area contributed by atoms with Gasteiger partial charge >= 0.3 is 0 Å². The van der Waals surface area contributed by atoms with Gasteiger partial charge in [0.1, 0.15) is 0 Å². The van der Waals surface area contributed by atoms with Crippen LogP contribution in [-0.2, 0) is 0 Å². The number of hydrogen-bond acceptors (Lipinski definition) is 2. The molecular formula is C18H28N2. The van der Waals surface area contributed by atoms with E-state index in [1.807, 2.05) is 0 Å². The van der Waals surface area contributed by atoms with Gasteiger partial charge in [0.15, 0.2) is 0 Å². The molecule has 0 spiro atoms. The van der Waals surface area contributed by atoms with E-state index >= 15 is 0 Å². The zero-order valence-corrected chi connectivity index (χ0v) is 12.7. The fourth-order valence-electron chi connectivity index (χ4n) is 3.06. The molecule has 2 aliphatic carbocycles. The Kier molecular flexibility index (Phi) is 4.74. The normalized spacial score (nSPS) is 20.3. The van der Waals surface area contributed by atoms with Crippen molar-refractivity contribution in [2.45, 2.75) is 38.1 Å². The average Bonchev–Trinajstić information content (AvgIpc) is 3.37. The molecule has 110 valence electrons. The highest BCUT2D eigenvalue weighted by Gasteiger charge is 2.29. The predicted molar refractivity (Wildman–Crippen MR) is 84.7 cm³/mol. The zero-order chi connectivity index (χ0) is 13.8. The quantitative estimate of drug-likeness (QED) is 0.740. The third-order valence-electron chi connectivity index (χ3n) is 4.71. The van der Waals surface area contributed by atoms with Crippen molar-refractivity contribution in [2.24, 2.45) is 11.8 Å². The summed E-state index contributed by atoms with van der Waals surface area (Å²) in [5, 5.41) is 3.48. The summed E-state index contributed by atoms with van der Waals surface area (Å²) in [6, 6.07) is 11.4. The Labute approximate surface area is 123 Å². The summed E-state index contributed by atoms with van der Waals surface area (Å²) < 4.78 is 0. The zero-order valence-electron chi connectivity index (χ0n) is 12.7. The highest BCUT2D eigenvalue weighted by atomic mass is 15.1. The van der Waals surface area contributed by atoms with E-state index in [9.17, 15) is 0 Å². The lowest BCUT2D eigenvalue weighted by molar-refractivity contribution is 0.239. The molecule has 2 aliphatic rings. The second kappa shape index (κ2) is 6.73. The number of benzene rings is 1. The van der Waals surface area contributed by atoms with Gasteiger partial charge in [0.25, 0.3) is 0 Å². The van der Waals surface area contributed by atoms with Crippen LogP contribution in [0.25, 0.3) is 0 Å². The first-order chi connectivity index (χ1) is 9.85. The van der Waals surface area contributed by atoms with Gasteiger partial charge in [0.2, 0.25) is 0 Å². The summed E-state index contributed by atoms with van der Waals surface area (Å²) in [5.41, 5.74) is 1.42. The van der Waals surface area contributed by atoms with Gasteiger partial charge in [0, 0.05) is 19.1 Å². The number of nitrogens with one attached hydrogen (secondary N) is 1. The van der Waals surface area contributed by atoms with Crippen molar-refractivity contribution in [3.05, 3.63) is 35.9 Å². The van der Waals surface area contributed by atoms with Crippen LogP contribution in [0.2, 0.25) is 0 Å². The van der Waals surface area contributed by atoms with E-state index in [-0.39, 0.29) is 0 Å². The number of rotatable bonds is 9. The Morgan fingerprint density at radius 2 is 1.65 bits per heavy atom. The first kappa shape index (κ1) is 14.1. The van der Waals surface area contributed by atoms with Crippen molar-refractivity contribution in [3.8, 4) is 0 Å². The Bertz CT molecular complexity index is 381. The first-order valence-electron chi connectivity index (χ1n) is 8.29. The molecule has 1 atom stereocenters. The van der Waals surface area contributed by atoms with Gasteiger partial charge in [-0.3, -0.25) is 0 Å². The smallest absolute Gasteiger partial charge is 0.0329 e. The van der Waals surface area contributed by atoms with Crippen molar-refractivity contribution in [2.75, 3.05) is 26.7 Å². The minimum Gasteiger partial charge on any atom is -0.313 e. The van der Waals surface area contributed by atoms with Crippen LogP contribution in [0.4, 0.5) is 0 Å². The monoisotopic (exact) mass is 272 g/mol. The third-order valence-corrected chi connectivity index (χ3v) is 4.71. The molecule has 2 nitrogen and oxygen atoms in total. The maximum atomic E-state index is 3.48. The molecule has 0 saturated heterocycles. The summed E-state index contributed by atoms with van der Waals surface area (Å²) in [6.07, 6.45) is 7.09. The molecule has 0 radical (unpaired) electrons. The van der Waals surface area contributed by atoms with Crippen LogP contribution in [0, 0.1) is 11.8 Å². The van der Waals surface area contributed by atoms with E-state index < -0.39 is 0 Å². The van der Waals surface area contributed by atoms with E-state index in [0.717, 1.165) is 11.8 Å². The van der Waals surface area contributed by atoms with Gasteiger partial charge in [-0.1, -0.05) is 30.3 Å². The van der Waals surface area contributed by atoms with Crippen molar-refractivity contribution in [3.63, 3.8) is 0 Å². The van der Waals surface area contributed by atoms with Crippen LogP contribution in [0.1, 0.15) is 43.7 Å². The summed E-state index contributed by atoms with van der Waals surface area (Å²) in [6.45, 7) is 3.94. The molecule has 0 aromatic heterocycles. The van der Waals surface area contributed by atoms with Crippen LogP contribution in [0.15, 0.2) is 30.3 Å². The molecule has 3 rings (SSSR count). The van der Waals surface area contributed by atoms with E-state index in [1.165, 1.54) is 57.3 Å². The molecule has 2 heteroatoms. The lowest BCUT2D eigenvalue weighted by atomic mass is 10.0. The van der Waals surface area contributed by atoms with Gasteiger partial charge in [-0.05, 0) is 63.1 Å². The van der Waals surface area contributed by atoms with Crippen molar-refractivity contribution < 1.29 is 0 Å². The molecule has 2 saturated carbocycles. The molecule has 1 unspecified atom stereocenters. The van der Waals surface area contributed by atoms with Crippen molar-refractivity contribution in [1.29, 1.82) is 0 Å². The molecule has 1 aromatic carbocycles. The van der Waals surface area contributed by atoms with Crippen molar-refractivity contribution >= 4 is 0 Å². The van der Waals surface area contributed by atoms with E-state index in [1.54, 1.807) is 0 Å². The molecule has 20 heavy (non-hydrogen) atoms. The Morgan fingerprint density at radius 1 is 1.05 bits per heavy atom. The third kappa shape index (κ3) is 4.32. The van der Waals surface area contributed by atoms with Gasteiger partial charge in [-0.15, -0.1) is 0 Å². The second-order valence-corrected chi connectivity index (χ2v) is 6.69. The topological polar surface area (TPSA) is 15.3 Å². The maximum absolute atomic E-state index is 3.48. The molecule has 0 bridgehead atoms. The van der Waals surface area contributed by atoms with Crippen LogP contribution in [0.3, 0.4) is 0 Å². The van der Waals surface area contributed by atoms with E-state index in [0.29, 0.717) is 6.04 Å². The van der Waals surface area contributed by atoms with Crippen molar-refractivity contribution in [1.82, 2.24) is 10.2 Å². The molecular weight excluding hydrogens is 244 g/mol.